The molecule has 0 amide bonds. The van der Waals surface area contributed by atoms with E-state index in [1.807, 2.05) is 12.1 Å². The van der Waals surface area contributed by atoms with Gasteiger partial charge in [0.15, 0.2) is 11.5 Å². The molecule has 0 unspecified atom stereocenters. The minimum atomic E-state index is 0.0346. The molecule has 104 valence electrons. The highest BCUT2D eigenvalue weighted by Gasteiger charge is 2.10. The van der Waals surface area contributed by atoms with Crippen molar-refractivity contribution in [2.24, 2.45) is 0 Å². The van der Waals surface area contributed by atoms with Crippen LogP contribution < -0.4 is 9.47 Å². The molecule has 1 rings (SSSR count). The Balaban J connectivity index is 3.11. The Kier molecular flexibility index (Phi) is 6.63. The van der Waals surface area contributed by atoms with E-state index >= 15 is 0 Å². The van der Waals surface area contributed by atoms with Crippen LogP contribution in [-0.2, 0) is 0 Å². The van der Waals surface area contributed by atoms with Crippen molar-refractivity contribution in [2.75, 3.05) is 13.7 Å². The van der Waals surface area contributed by atoms with Gasteiger partial charge in [0.25, 0.3) is 0 Å². The zero-order chi connectivity index (χ0) is 15.0. The first-order valence-corrected chi connectivity index (χ1v) is 6.97. The normalized spacial score (nSPS) is 9.25. The van der Waals surface area contributed by atoms with Crippen LogP contribution in [0.15, 0.2) is 22.2 Å². The molecule has 0 bridgehead atoms. The van der Waals surface area contributed by atoms with Crippen molar-refractivity contribution in [3.8, 4) is 23.6 Å². The number of methoxy groups -OCH3 is 1. The quantitative estimate of drug-likeness (QED) is 0.581. The van der Waals surface area contributed by atoms with E-state index in [0.717, 1.165) is 17.3 Å². The number of hydrogen-bond acceptors (Lipinski definition) is 4. The van der Waals surface area contributed by atoms with Gasteiger partial charge in [-0.3, -0.25) is 0 Å². The van der Waals surface area contributed by atoms with Gasteiger partial charge in [0, 0.05) is 4.47 Å². The number of allylic oxidation sites excluding steroid dienone is 1. The standard InChI is InChI=1S/C15H15BrN2O2/c1-3-4-5-20-15-8-13(16)12(7-14(15)19-2)6-11(9-17)10-18/h6-8H,3-5H2,1-2H3. The van der Waals surface area contributed by atoms with E-state index in [9.17, 15) is 0 Å². The Labute approximate surface area is 127 Å². The summed E-state index contributed by atoms with van der Waals surface area (Å²) in [6.07, 6.45) is 3.52. The van der Waals surface area contributed by atoms with Gasteiger partial charge in [-0.05, 0) is 30.2 Å². The number of nitrogens with zero attached hydrogens (tertiary/aromatic N) is 2. The summed E-state index contributed by atoms with van der Waals surface area (Å²) >= 11 is 3.41. The van der Waals surface area contributed by atoms with E-state index in [-0.39, 0.29) is 5.57 Å². The number of ether oxygens (including phenoxy) is 2. The van der Waals surface area contributed by atoms with Crippen molar-refractivity contribution in [1.82, 2.24) is 0 Å². The van der Waals surface area contributed by atoms with Crippen LogP contribution >= 0.6 is 15.9 Å². The van der Waals surface area contributed by atoms with E-state index < -0.39 is 0 Å². The van der Waals surface area contributed by atoms with Gasteiger partial charge in [0.05, 0.1) is 13.7 Å². The molecular formula is C15H15BrN2O2. The molecular weight excluding hydrogens is 320 g/mol. The van der Waals surface area contributed by atoms with E-state index in [4.69, 9.17) is 20.0 Å². The lowest BCUT2D eigenvalue weighted by Gasteiger charge is -2.12. The number of halogens is 1. The van der Waals surface area contributed by atoms with Gasteiger partial charge >= 0.3 is 0 Å². The minimum Gasteiger partial charge on any atom is -0.493 e. The van der Waals surface area contributed by atoms with Crippen molar-refractivity contribution in [3.63, 3.8) is 0 Å². The summed E-state index contributed by atoms with van der Waals surface area (Å²) in [5.41, 5.74) is 0.732. The molecule has 0 N–H and O–H groups in total. The minimum absolute atomic E-state index is 0.0346. The average molecular weight is 335 g/mol. The van der Waals surface area contributed by atoms with Gasteiger partial charge in [-0.1, -0.05) is 29.3 Å². The number of nitriles is 2. The zero-order valence-corrected chi connectivity index (χ0v) is 13.0. The Bertz CT molecular complexity index is 567. The fourth-order valence-corrected chi connectivity index (χ4v) is 1.94. The molecule has 0 heterocycles. The molecule has 0 saturated heterocycles. The summed E-state index contributed by atoms with van der Waals surface area (Å²) in [4.78, 5) is 0. The molecule has 0 spiro atoms. The summed E-state index contributed by atoms with van der Waals surface area (Å²) in [6, 6.07) is 7.18. The lowest BCUT2D eigenvalue weighted by Crippen LogP contribution is -1.99. The second-order valence-corrected chi connectivity index (χ2v) is 4.86. The van der Waals surface area contributed by atoms with Crippen LogP contribution in [0.1, 0.15) is 25.3 Å². The smallest absolute Gasteiger partial charge is 0.162 e. The zero-order valence-electron chi connectivity index (χ0n) is 11.4. The second kappa shape index (κ2) is 8.24. The molecule has 0 aliphatic heterocycles. The summed E-state index contributed by atoms with van der Waals surface area (Å²) in [5, 5.41) is 17.6. The molecule has 0 aromatic heterocycles. The summed E-state index contributed by atoms with van der Waals surface area (Å²) < 4.78 is 11.7. The number of unbranched alkanes of at least 4 members (excludes halogenated alkanes) is 1. The largest absolute Gasteiger partial charge is 0.493 e. The molecule has 5 heteroatoms. The van der Waals surface area contributed by atoms with E-state index in [1.165, 1.54) is 6.08 Å². The summed E-state index contributed by atoms with van der Waals surface area (Å²) in [5.74, 6) is 1.21. The fraction of sp³-hybridized carbons (Fsp3) is 0.333. The van der Waals surface area contributed by atoms with Crippen molar-refractivity contribution >= 4 is 22.0 Å². The van der Waals surface area contributed by atoms with Gasteiger partial charge < -0.3 is 9.47 Å². The molecule has 0 radical (unpaired) electrons. The maximum atomic E-state index is 8.79. The van der Waals surface area contributed by atoms with Crippen LogP contribution in [0.5, 0.6) is 11.5 Å². The molecule has 1 aromatic carbocycles. The predicted molar refractivity (Wildman–Crippen MR) is 80.3 cm³/mol. The molecule has 0 atom stereocenters. The molecule has 0 saturated carbocycles. The van der Waals surface area contributed by atoms with Crippen LogP contribution in [0.2, 0.25) is 0 Å². The molecule has 4 nitrogen and oxygen atoms in total. The maximum absolute atomic E-state index is 8.79. The Morgan fingerprint density at radius 3 is 2.55 bits per heavy atom. The van der Waals surface area contributed by atoms with Crippen LogP contribution in [0.25, 0.3) is 6.08 Å². The van der Waals surface area contributed by atoms with Crippen molar-refractivity contribution in [1.29, 1.82) is 10.5 Å². The van der Waals surface area contributed by atoms with Gasteiger partial charge in [-0.25, -0.2) is 0 Å². The first-order chi connectivity index (χ1) is 9.65. The highest BCUT2D eigenvalue weighted by Crippen LogP contribution is 2.34. The van der Waals surface area contributed by atoms with Gasteiger partial charge in [0.1, 0.15) is 17.7 Å². The first kappa shape index (κ1) is 16.1. The number of benzene rings is 1. The first-order valence-electron chi connectivity index (χ1n) is 6.18. The average Bonchev–Trinajstić information content (AvgIpc) is 2.46. The number of hydrogen-bond donors (Lipinski definition) is 0. The second-order valence-electron chi connectivity index (χ2n) is 4.01. The highest BCUT2D eigenvalue weighted by atomic mass is 79.9. The maximum Gasteiger partial charge on any atom is 0.162 e. The van der Waals surface area contributed by atoms with E-state index in [2.05, 4.69) is 22.9 Å². The van der Waals surface area contributed by atoms with Gasteiger partial charge in [-0.15, -0.1) is 0 Å². The molecule has 0 aliphatic carbocycles. The summed E-state index contributed by atoms with van der Waals surface area (Å²) in [6.45, 7) is 2.71. The Hall–Kier alpha value is -1.98. The van der Waals surface area contributed by atoms with E-state index in [0.29, 0.717) is 23.7 Å². The third-order valence-electron chi connectivity index (χ3n) is 2.58. The third-order valence-corrected chi connectivity index (χ3v) is 3.27. The van der Waals surface area contributed by atoms with Crippen LogP contribution in [0, 0.1) is 22.7 Å². The van der Waals surface area contributed by atoms with Crippen molar-refractivity contribution < 1.29 is 9.47 Å². The SMILES string of the molecule is CCCCOc1cc(Br)c(C=C(C#N)C#N)cc1OC. The molecule has 0 aliphatic rings. The van der Waals surface area contributed by atoms with Crippen molar-refractivity contribution in [2.45, 2.75) is 19.8 Å². The van der Waals surface area contributed by atoms with Gasteiger partial charge in [-0.2, -0.15) is 10.5 Å². The lowest BCUT2D eigenvalue weighted by atomic mass is 10.1. The highest BCUT2D eigenvalue weighted by molar-refractivity contribution is 9.10. The lowest BCUT2D eigenvalue weighted by molar-refractivity contribution is 0.288. The monoisotopic (exact) mass is 334 g/mol. The topological polar surface area (TPSA) is 66.0 Å². The Morgan fingerprint density at radius 2 is 2.00 bits per heavy atom. The third kappa shape index (κ3) is 4.29. The molecule has 0 fully saturated rings. The van der Waals surface area contributed by atoms with Crippen LogP contribution in [0.3, 0.4) is 0 Å². The van der Waals surface area contributed by atoms with Crippen molar-refractivity contribution in [3.05, 3.63) is 27.7 Å². The predicted octanol–water partition coefficient (Wildman–Crippen LogP) is 4.07. The van der Waals surface area contributed by atoms with E-state index in [1.54, 1.807) is 19.2 Å². The molecule has 1 aromatic rings. The fourth-order valence-electron chi connectivity index (χ4n) is 1.51. The van der Waals surface area contributed by atoms with Crippen LogP contribution in [0.4, 0.5) is 0 Å². The summed E-state index contributed by atoms with van der Waals surface area (Å²) in [7, 11) is 1.55. The van der Waals surface area contributed by atoms with Gasteiger partial charge in [0.2, 0.25) is 0 Å². The van der Waals surface area contributed by atoms with Crippen LogP contribution in [-0.4, -0.2) is 13.7 Å². The Morgan fingerprint density at radius 1 is 1.30 bits per heavy atom. The molecule has 20 heavy (non-hydrogen) atoms. The number of rotatable bonds is 6.